The van der Waals surface area contributed by atoms with Gasteiger partial charge in [0, 0.05) is 12.9 Å². The molecule has 0 amide bonds. The van der Waals surface area contributed by atoms with E-state index in [2.05, 4.69) is 0 Å². The fraction of sp³-hybridized carbons (Fsp3) is 0.222. The van der Waals surface area contributed by atoms with E-state index in [1.165, 1.54) is 43.5 Å². The molecular formula is C54H46O15S. The zero-order chi connectivity index (χ0) is 48.8. The van der Waals surface area contributed by atoms with Gasteiger partial charge in [-0.2, -0.15) is 0 Å². The molecule has 70 heavy (non-hydrogen) atoms. The lowest BCUT2D eigenvalue weighted by atomic mass is 9.98. The molecule has 2 saturated heterocycles. The van der Waals surface area contributed by atoms with Gasteiger partial charge in [0.1, 0.15) is 24.3 Å². The Labute approximate surface area is 406 Å². The van der Waals surface area contributed by atoms with Crippen LogP contribution in [0.2, 0.25) is 0 Å². The third-order valence-corrected chi connectivity index (χ3v) is 12.4. The van der Waals surface area contributed by atoms with Gasteiger partial charge in [-0.15, -0.1) is 11.8 Å². The maximum Gasteiger partial charge on any atom is 0.338 e. The molecule has 0 radical (unpaired) electrons. The van der Waals surface area contributed by atoms with Gasteiger partial charge in [0.05, 0.1) is 33.4 Å². The lowest BCUT2D eigenvalue weighted by Gasteiger charge is -2.44. The molecule has 0 bridgehead atoms. The first-order valence-electron chi connectivity index (χ1n) is 22.1. The second-order valence-electron chi connectivity index (χ2n) is 15.8. The standard InChI is InChI=1S/C54H46O15S/c1-61-53-45(68-51(59)38-28-16-6-17-29-38)44(67-50(58)37-26-14-5-15-27-37)43(66-49(57)36-24-12-4-13-25-36)41(63-53)33-70-54-46(69-52(60)39-30-18-7-19-31-39)42(65-48(56)35-22-10-3-11-23-35)40(64-54)32-62-47(55)34-20-8-2-9-21-34/h2-31,40-46,53-54H,32-33H2,1H3/t40-,41?,42-,43-,44?,45?,46-,53+,54+/m1/s1. The molecule has 0 aromatic heterocycles. The van der Waals surface area contributed by atoms with Crippen molar-refractivity contribution in [1.82, 2.24) is 0 Å². The van der Waals surface area contributed by atoms with Crippen molar-refractivity contribution in [3.63, 3.8) is 0 Å². The fourth-order valence-corrected chi connectivity index (χ4v) is 8.93. The quantitative estimate of drug-likeness (QED) is 0.0636. The number of rotatable bonds is 17. The molecule has 3 unspecified atom stereocenters. The molecule has 16 heteroatoms. The van der Waals surface area contributed by atoms with Crippen LogP contribution in [0.4, 0.5) is 0 Å². The molecule has 6 aromatic rings. The van der Waals surface area contributed by atoms with Crippen LogP contribution in [0.3, 0.4) is 0 Å². The smallest absolute Gasteiger partial charge is 0.338 e. The highest BCUT2D eigenvalue weighted by Crippen LogP contribution is 2.39. The summed E-state index contributed by atoms with van der Waals surface area (Å²) in [5, 5.41) is 0. The molecule has 0 spiro atoms. The summed E-state index contributed by atoms with van der Waals surface area (Å²) in [6.07, 6.45) is -11.1. The van der Waals surface area contributed by atoms with Crippen LogP contribution in [0, 0.1) is 0 Å². The molecule has 2 aliphatic heterocycles. The van der Waals surface area contributed by atoms with E-state index in [-0.39, 0.29) is 39.1 Å². The van der Waals surface area contributed by atoms with Crippen molar-refractivity contribution in [2.75, 3.05) is 19.5 Å². The van der Waals surface area contributed by atoms with Crippen LogP contribution in [0.1, 0.15) is 62.1 Å². The summed E-state index contributed by atoms with van der Waals surface area (Å²) in [4.78, 5) is 82.7. The summed E-state index contributed by atoms with van der Waals surface area (Å²) in [6, 6.07) is 48.7. The van der Waals surface area contributed by atoms with Crippen molar-refractivity contribution in [3.05, 3.63) is 215 Å². The first-order chi connectivity index (χ1) is 34.2. The Morgan fingerprint density at radius 3 is 1.07 bits per heavy atom. The van der Waals surface area contributed by atoms with E-state index in [1.807, 2.05) is 0 Å². The monoisotopic (exact) mass is 966 g/mol. The number of thioether (sulfide) groups is 1. The van der Waals surface area contributed by atoms with Gasteiger partial charge >= 0.3 is 35.8 Å². The maximum atomic E-state index is 14.0. The van der Waals surface area contributed by atoms with E-state index < -0.39 is 96.9 Å². The Kier molecular flexibility index (Phi) is 16.5. The molecule has 6 aromatic carbocycles. The predicted octanol–water partition coefficient (Wildman–Crippen LogP) is 7.80. The van der Waals surface area contributed by atoms with Crippen LogP contribution in [-0.2, 0) is 42.6 Å². The number of carbonyl (C=O) groups is 6. The number of benzene rings is 6. The van der Waals surface area contributed by atoms with Gasteiger partial charge in [-0.1, -0.05) is 109 Å². The molecule has 358 valence electrons. The summed E-state index contributed by atoms with van der Waals surface area (Å²) in [5.74, 6) is -4.88. The molecule has 9 atom stereocenters. The highest BCUT2D eigenvalue weighted by atomic mass is 32.2. The minimum absolute atomic E-state index is 0.146. The van der Waals surface area contributed by atoms with Gasteiger partial charge in [0.2, 0.25) is 0 Å². The zero-order valence-corrected chi connectivity index (χ0v) is 38.3. The maximum absolute atomic E-state index is 14.0. The highest BCUT2D eigenvalue weighted by Gasteiger charge is 2.55. The lowest BCUT2D eigenvalue weighted by Crippen LogP contribution is -2.62. The Hall–Kier alpha value is -7.63. The van der Waals surface area contributed by atoms with E-state index in [0.717, 1.165) is 11.8 Å². The van der Waals surface area contributed by atoms with Crippen molar-refractivity contribution >= 4 is 47.6 Å². The minimum Gasteiger partial charge on any atom is -0.459 e. The molecular weight excluding hydrogens is 921 g/mol. The topological polar surface area (TPSA) is 185 Å². The third-order valence-electron chi connectivity index (χ3n) is 11.2. The van der Waals surface area contributed by atoms with E-state index in [1.54, 1.807) is 146 Å². The van der Waals surface area contributed by atoms with Crippen LogP contribution in [0.5, 0.6) is 0 Å². The second kappa shape index (κ2) is 23.6. The van der Waals surface area contributed by atoms with Crippen molar-refractivity contribution in [2.45, 2.75) is 54.5 Å². The molecule has 0 N–H and O–H groups in total. The van der Waals surface area contributed by atoms with E-state index in [9.17, 15) is 28.8 Å². The molecule has 2 aliphatic rings. The average Bonchev–Trinajstić information content (AvgIpc) is 3.73. The molecule has 0 saturated carbocycles. The predicted molar refractivity (Wildman–Crippen MR) is 252 cm³/mol. The van der Waals surface area contributed by atoms with E-state index in [4.69, 9.17) is 42.6 Å². The summed E-state index contributed by atoms with van der Waals surface area (Å²) in [6.45, 7) is -0.439. The van der Waals surface area contributed by atoms with Gasteiger partial charge in [-0.3, -0.25) is 0 Å². The van der Waals surface area contributed by atoms with Gasteiger partial charge < -0.3 is 42.6 Å². The lowest BCUT2D eigenvalue weighted by molar-refractivity contribution is -0.282. The van der Waals surface area contributed by atoms with Crippen LogP contribution >= 0.6 is 11.8 Å². The Morgan fingerprint density at radius 2 is 0.700 bits per heavy atom. The average molecular weight is 967 g/mol. The SMILES string of the molecule is CO[C@H]1OC(CS[C@@H]2O[C@H](COC(=O)c3ccccc3)[C@@H](OC(=O)c3ccccc3)[C@H]2OC(=O)c2ccccc2)[C@@H](OC(=O)c2ccccc2)C(OC(=O)c2ccccc2)C1OC(=O)c1ccccc1. The Morgan fingerprint density at radius 1 is 0.386 bits per heavy atom. The third kappa shape index (κ3) is 12.1. The fourth-order valence-electron chi connectivity index (χ4n) is 7.67. The van der Waals surface area contributed by atoms with Gasteiger partial charge in [0.15, 0.2) is 36.8 Å². The summed E-state index contributed by atoms with van der Waals surface area (Å²) in [5.41, 5.74) is -0.0921. The van der Waals surface area contributed by atoms with Crippen LogP contribution in [-0.4, -0.2) is 110 Å². The van der Waals surface area contributed by atoms with Crippen LogP contribution < -0.4 is 0 Å². The number of ether oxygens (including phenoxy) is 9. The van der Waals surface area contributed by atoms with Gasteiger partial charge in [-0.05, 0) is 72.8 Å². The zero-order valence-electron chi connectivity index (χ0n) is 37.5. The molecule has 15 nitrogen and oxygen atoms in total. The minimum atomic E-state index is -1.56. The van der Waals surface area contributed by atoms with Gasteiger partial charge in [0.25, 0.3) is 0 Å². The highest BCUT2D eigenvalue weighted by molar-refractivity contribution is 7.99. The van der Waals surface area contributed by atoms with Gasteiger partial charge in [-0.25, -0.2) is 28.8 Å². The molecule has 8 rings (SSSR count). The number of carbonyl (C=O) groups excluding carboxylic acids is 6. The number of hydrogen-bond acceptors (Lipinski definition) is 16. The first kappa shape index (κ1) is 48.8. The second-order valence-corrected chi connectivity index (χ2v) is 16.9. The molecule has 0 aliphatic carbocycles. The van der Waals surface area contributed by atoms with Crippen molar-refractivity contribution in [1.29, 1.82) is 0 Å². The van der Waals surface area contributed by atoms with Crippen molar-refractivity contribution in [3.8, 4) is 0 Å². The molecule has 2 heterocycles. The molecule has 2 fully saturated rings. The summed E-state index contributed by atoms with van der Waals surface area (Å²) in [7, 11) is 1.30. The Balaban J connectivity index is 1.14. The normalized spacial score (nSPS) is 22.7. The van der Waals surface area contributed by atoms with E-state index >= 15 is 0 Å². The first-order valence-corrected chi connectivity index (χ1v) is 23.2. The summed E-state index contributed by atoms with van der Waals surface area (Å²) >= 11 is 1.01. The Bertz CT molecular complexity index is 2700. The number of hydrogen-bond donors (Lipinski definition) is 0. The van der Waals surface area contributed by atoms with Crippen LogP contribution in [0.15, 0.2) is 182 Å². The largest absolute Gasteiger partial charge is 0.459 e. The summed E-state index contributed by atoms with van der Waals surface area (Å²) < 4.78 is 55.2. The number of esters is 6. The number of methoxy groups -OCH3 is 1. The van der Waals surface area contributed by atoms with E-state index in [0.29, 0.717) is 0 Å². The van der Waals surface area contributed by atoms with Crippen LogP contribution in [0.25, 0.3) is 0 Å². The van der Waals surface area contributed by atoms with Crippen molar-refractivity contribution in [2.24, 2.45) is 0 Å². The van der Waals surface area contributed by atoms with Crippen molar-refractivity contribution < 1.29 is 71.4 Å².